The van der Waals surface area contributed by atoms with Crippen LogP contribution < -0.4 is 0 Å². The van der Waals surface area contributed by atoms with Gasteiger partial charge < -0.3 is 14.6 Å². The third-order valence-electron chi connectivity index (χ3n) is 3.54. The second-order valence-electron chi connectivity index (χ2n) is 5.37. The molecular weight excluding hydrogens is 296 g/mol. The molecule has 0 aromatic heterocycles. The first-order valence-corrected chi connectivity index (χ1v) is 8.21. The van der Waals surface area contributed by atoms with Gasteiger partial charge in [-0.25, -0.2) is 9.59 Å². The van der Waals surface area contributed by atoms with Crippen LogP contribution in [0.4, 0.5) is 0 Å². The lowest BCUT2D eigenvalue weighted by Gasteiger charge is -2.16. The van der Waals surface area contributed by atoms with E-state index in [1.807, 2.05) is 6.92 Å². The lowest BCUT2D eigenvalue weighted by Crippen LogP contribution is -2.17. The van der Waals surface area contributed by atoms with Gasteiger partial charge >= 0.3 is 11.9 Å². The Morgan fingerprint density at radius 1 is 1.04 bits per heavy atom. The van der Waals surface area contributed by atoms with Crippen molar-refractivity contribution < 1.29 is 24.2 Å². The summed E-state index contributed by atoms with van der Waals surface area (Å²) in [5, 5.41) is 8.63. The Morgan fingerprint density at radius 3 is 2.17 bits per heavy atom. The summed E-state index contributed by atoms with van der Waals surface area (Å²) in [6.07, 6.45) is 4.93. The van der Waals surface area contributed by atoms with Crippen LogP contribution in [-0.4, -0.2) is 36.4 Å². The topological polar surface area (TPSA) is 72.8 Å². The number of aliphatic hydroxyl groups is 1. The maximum absolute atomic E-state index is 12.1. The molecule has 0 spiro atoms. The van der Waals surface area contributed by atoms with Crippen LogP contribution in [0.25, 0.3) is 0 Å². The SMILES string of the molecule is CCCCCC(CC)OC(=O)c1ccc(C(=O)OCCO)cc1. The number of ether oxygens (including phenoxy) is 2. The highest BCUT2D eigenvalue weighted by atomic mass is 16.5. The Bertz CT molecular complexity index is 481. The lowest BCUT2D eigenvalue weighted by atomic mass is 10.1. The molecule has 0 fully saturated rings. The van der Waals surface area contributed by atoms with E-state index in [1.54, 1.807) is 12.1 Å². The summed E-state index contributed by atoms with van der Waals surface area (Å²) in [4.78, 5) is 23.7. The van der Waals surface area contributed by atoms with E-state index in [9.17, 15) is 9.59 Å². The second-order valence-corrected chi connectivity index (χ2v) is 5.37. The second kappa shape index (κ2) is 10.8. The molecule has 128 valence electrons. The molecule has 5 nitrogen and oxygen atoms in total. The van der Waals surface area contributed by atoms with Crippen LogP contribution in [0.5, 0.6) is 0 Å². The third-order valence-corrected chi connectivity index (χ3v) is 3.54. The number of carbonyl (C=O) groups excluding carboxylic acids is 2. The first-order valence-electron chi connectivity index (χ1n) is 8.21. The fraction of sp³-hybridized carbons (Fsp3) is 0.556. The predicted octanol–water partition coefficient (Wildman–Crippen LogP) is 3.35. The molecule has 1 aromatic rings. The molecule has 0 aliphatic carbocycles. The van der Waals surface area contributed by atoms with Crippen molar-refractivity contribution in [3.8, 4) is 0 Å². The summed E-state index contributed by atoms with van der Waals surface area (Å²) < 4.78 is 10.3. The fourth-order valence-corrected chi connectivity index (χ4v) is 2.15. The molecule has 1 rings (SSSR count). The van der Waals surface area contributed by atoms with E-state index in [0.29, 0.717) is 11.1 Å². The summed E-state index contributed by atoms with van der Waals surface area (Å²) in [6, 6.07) is 6.15. The average molecular weight is 322 g/mol. The van der Waals surface area contributed by atoms with Crippen LogP contribution in [0.2, 0.25) is 0 Å². The number of benzene rings is 1. The Morgan fingerprint density at radius 2 is 1.65 bits per heavy atom. The molecule has 1 unspecified atom stereocenters. The lowest BCUT2D eigenvalue weighted by molar-refractivity contribution is 0.0266. The average Bonchev–Trinajstić information content (AvgIpc) is 2.58. The molecule has 0 saturated heterocycles. The van der Waals surface area contributed by atoms with Crippen LogP contribution >= 0.6 is 0 Å². The largest absolute Gasteiger partial charge is 0.460 e. The maximum atomic E-state index is 12.1. The number of carbonyl (C=O) groups is 2. The summed E-state index contributed by atoms with van der Waals surface area (Å²) in [5.41, 5.74) is 0.752. The molecule has 1 aromatic carbocycles. The van der Waals surface area contributed by atoms with Crippen LogP contribution in [0.1, 0.15) is 66.7 Å². The monoisotopic (exact) mass is 322 g/mol. The Hall–Kier alpha value is -1.88. The zero-order valence-corrected chi connectivity index (χ0v) is 13.9. The van der Waals surface area contributed by atoms with Crippen molar-refractivity contribution in [3.05, 3.63) is 35.4 Å². The number of esters is 2. The van der Waals surface area contributed by atoms with E-state index in [-0.39, 0.29) is 25.3 Å². The summed E-state index contributed by atoms with van der Waals surface area (Å²) in [7, 11) is 0. The Kier molecular flexibility index (Phi) is 8.98. The molecule has 0 saturated carbocycles. The molecule has 1 N–H and O–H groups in total. The minimum atomic E-state index is -0.523. The molecule has 0 amide bonds. The van der Waals surface area contributed by atoms with Crippen molar-refractivity contribution in [2.24, 2.45) is 0 Å². The van der Waals surface area contributed by atoms with Gasteiger partial charge in [0, 0.05) is 0 Å². The van der Waals surface area contributed by atoms with Gasteiger partial charge in [-0.15, -0.1) is 0 Å². The van der Waals surface area contributed by atoms with Gasteiger partial charge in [0.05, 0.1) is 17.7 Å². The van der Waals surface area contributed by atoms with Gasteiger partial charge in [-0.2, -0.15) is 0 Å². The van der Waals surface area contributed by atoms with Gasteiger partial charge in [-0.05, 0) is 43.5 Å². The van der Waals surface area contributed by atoms with Crippen molar-refractivity contribution in [2.75, 3.05) is 13.2 Å². The van der Waals surface area contributed by atoms with E-state index in [1.165, 1.54) is 12.1 Å². The molecule has 0 aliphatic heterocycles. The van der Waals surface area contributed by atoms with E-state index >= 15 is 0 Å². The third kappa shape index (κ3) is 6.82. The van der Waals surface area contributed by atoms with E-state index < -0.39 is 5.97 Å². The summed E-state index contributed by atoms with van der Waals surface area (Å²) in [5.74, 6) is -0.895. The van der Waals surface area contributed by atoms with Gasteiger partial charge in [0.1, 0.15) is 12.7 Å². The van der Waals surface area contributed by atoms with Crippen molar-refractivity contribution in [1.82, 2.24) is 0 Å². The van der Waals surface area contributed by atoms with Crippen molar-refractivity contribution in [3.63, 3.8) is 0 Å². The molecule has 0 bridgehead atoms. The smallest absolute Gasteiger partial charge is 0.338 e. The summed E-state index contributed by atoms with van der Waals surface area (Å²) >= 11 is 0. The molecule has 1 atom stereocenters. The zero-order chi connectivity index (χ0) is 17.1. The highest BCUT2D eigenvalue weighted by molar-refractivity contribution is 5.93. The molecule has 0 heterocycles. The molecule has 23 heavy (non-hydrogen) atoms. The van der Waals surface area contributed by atoms with Gasteiger partial charge in [-0.3, -0.25) is 0 Å². The number of hydrogen-bond acceptors (Lipinski definition) is 5. The van der Waals surface area contributed by atoms with Gasteiger partial charge in [0.15, 0.2) is 0 Å². The molecule has 0 aliphatic rings. The minimum absolute atomic E-state index is 0.0431. The predicted molar refractivity (Wildman–Crippen MR) is 87.4 cm³/mol. The quantitative estimate of drug-likeness (QED) is 0.528. The van der Waals surface area contributed by atoms with Crippen molar-refractivity contribution in [2.45, 2.75) is 52.1 Å². The molecule has 0 radical (unpaired) electrons. The van der Waals surface area contributed by atoms with Crippen LogP contribution in [0.15, 0.2) is 24.3 Å². The highest BCUT2D eigenvalue weighted by Gasteiger charge is 2.15. The molecule has 5 heteroatoms. The Balaban J connectivity index is 2.57. The van der Waals surface area contributed by atoms with E-state index in [0.717, 1.165) is 32.1 Å². The standard InChI is InChI=1S/C18H26O5/c1-3-5-6-7-16(4-2)23-18(21)15-10-8-14(9-11-15)17(20)22-13-12-19/h8-11,16,19H,3-7,12-13H2,1-2H3. The number of hydrogen-bond donors (Lipinski definition) is 1. The number of aliphatic hydroxyl groups excluding tert-OH is 1. The number of rotatable bonds is 10. The first kappa shape index (κ1) is 19.2. The van der Waals surface area contributed by atoms with Crippen molar-refractivity contribution in [1.29, 1.82) is 0 Å². The van der Waals surface area contributed by atoms with Crippen LogP contribution in [0, 0.1) is 0 Å². The van der Waals surface area contributed by atoms with Crippen LogP contribution in [-0.2, 0) is 9.47 Å². The van der Waals surface area contributed by atoms with Crippen LogP contribution in [0.3, 0.4) is 0 Å². The zero-order valence-electron chi connectivity index (χ0n) is 13.9. The fourth-order valence-electron chi connectivity index (χ4n) is 2.15. The summed E-state index contributed by atoms with van der Waals surface area (Å²) in [6.45, 7) is 3.88. The normalized spacial score (nSPS) is 11.8. The highest BCUT2D eigenvalue weighted by Crippen LogP contribution is 2.14. The Labute approximate surface area is 137 Å². The molecular formula is C18H26O5. The van der Waals surface area contributed by atoms with Gasteiger partial charge in [0.2, 0.25) is 0 Å². The van der Waals surface area contributed by atoms with Crippen molar-refractivity contribution >= 4 is 11.9 Å². The maximum Gasteiger partial charge on any atom is 0.338 e. The first-order chi connectivity index (χ1) is 11.1. The minimum Gasteiger partial charge on any atom is -0.460 e. The van der Waals surface area contributed by atoms with E-state index in [2.05, 4.69) is 6.92 Å². The van der Waals surface area contributed by atoms with Gasteiger partial charge in [0.25, 0.3) is 0 Å². The van der Waals surface area contributed by atoms with Gasteiger partial charge in [-0.1, -0.05) is 26.7 Å². The number of unbranched alkanes of at least 4 members (excludes halogenated alkanes) is 2. The van der Waals surface area contributed by atoms with E-state index in [4.69, 9.17) is 14.6 Å².